The van der Waals surface area contributed by atoms with Crippen molar-refractivity contribution in [3.8, 4) is 0 Å². The number of carbonyl (C=O) groups excluding carboxylic acids is 1. The molecule has 1 amide bonds. The van der Waals surface area contributed by atoms with Crippen LogP contribution in [0, 0.1) is 0 Å². The van der Waals surface area contributed by atoms with Gasteiger partial charge >= 0.3 is 6.18 Å². The molecule has 0 fully saturated rings. The highest BCUT2D eigenvalue weighted by Gasteiger charge is 2.34. The summed E-state index contributed by atoms with van der Waals surface area (Å²) in [4.78, 5) is 23.7. The summed E-state index contributed by atoms with van der Waals surface area (Å²) < 4.78 is 39.5. The van der Waals surface area contributed by atoms with Crippen LogP contribution in [0.1, 0.15) is 5.56 Å². The van der Waals surface area contributed by atoms with Crippen molar-refractivity contribution in [2.45, 2.75) is 12.7 Å². The zero-order valence-electron chi connectivity index (χ0n) is 11.5. The molecule has 1 N–H and O–H groups in total. The van der Waals surface area contributed by atoms with E-state index in [1.807, 2.05) is 5.32 Å². The lowest BCUT2D eigenvalue weighted by molar-refractivity contribution is -0.137. The minimum atomic E-state index is -4.72. The SMILES string of the molecule is O=C(Cn1ncc(Cl)c(Cl)c1=O)Nc1c(Cl)cccc1C(F)(F)F. The number of amides is 1. The summed E-state index contributed by atoms with van der Waals surface area (Å²) in [6.45, 7) is -0.668. The van der Waals surface area contributed by atoms with Crippen molar-refractivity contribution >= 4 is 46.4 Å². The van der Waals surface area contributed by atoms with Crippen LogP contribution in [0.15, 0.2) is 29.2 Å². The molecule has 11 heteroatoms. The van der Waals surface area contributed by atoms with Crippen LogP contribution in [-0.2, 0) is 17.5 Å². The second-order valence-electron chi connectivity index (χ2n) is 4.48. The Morgan fingerprint density at radius 1 is 1.21 bits per heavy atom. The van der Waals surface area contributed by atoms with Crippen molar-refractivity contribution in [1.82, 2.24) is 9.78 Å². The van der Waals surface area contributed by atoms with Crippen molar-refractivity contribution in [2.75, 3.05) is 5.32 Å². The third-order valence-electron chi connectivity index (χ3n) is 2.82. The number of nitrogens with one attached hydrogen (secondary N) is 1. The molecular formula is C13H7Cl3F3N3O2. The van der Waals surface area contributed by atoms with E-state index in [4.69, 9.17) is 34.8 Å². The van der Waals surface area contributed by atoms with Gasteiger partial charge in [-0.1, -0.05) is 40.9 Å². The van der Waals surface area contributed by atoms with Crippen LogP contribution in [0.4, 0.5) is 18.9 Å². The largest absolute Gasteiger partial charge is 0.418 e. The number of hydrogen-bond donors (Lipinski definition) is 1. The van der Waals surface area contributed by atoms with Crippen molar-refractivity contribution in [3.05, 3.63) is 55.4 Å². The fourth-order valence-electron chi connectivity index (χ4n) is 1.76. The van der Waals surface area contributed by atoms with E-state index in [0.717, 1.165) is 18.3 Å². The van der Waals surface area contributed by atoms with Gasteiger partial charge in [0.25, 0.3) is 5.56 Å². The molecule has 0 aliphatic heterocycles. The van der Waals surface area contributed by atoms with Crippen LogP contribution < -0.4 is 10.9 Å². The molecule has 0 atom stereocenters. The summed E-state index contributed by atoms with van der Waals surface area (Å²) in [5, 5.41) is 4.85. The molecule has 1 aromatic carbocycles. The Kier molecular flexibility index (Phi) is 5.42. The molecule has 24 heavy (non-hydrogen) atoms. The van der Waals surface area contributed by atoms with Crippen LogP contribution in [0.25, 0.3) is 0 Å². The highest BCUT2D eigenvalue weighted by Crippen LogP contribution is 2.38. The van der Waals surface area contributed by atoms with Gasteiger partial charge in [0.05, 0.1) is 27.5 Å². The number of benzene rings is 1. The minimum Gasteiger partial charge on any atom is -0.323 e. The third-order valence-corrected chi connectivity index (χ3v) is 3.88. The number of nitrogens with zero attached hydrogens (tertiary/aromatic N) is 2. The van der Waals surface area contributed by atoms with Gasteiger partial charge in [0.1, 0.15) is 11.6 Å². The Balaban J connectivity index is 2.29. The van der Waals surface area contributed by atoms with Crippen LogP contribution in [0.5, 0.6) is 0 Å². The van der Waals surface area contributed by atoms with Crippen LogP contribution >= 0.6 is 34.8 Å². The summed E-state index contributed by atoms with van der Waals surface area (Å²) in [6.07, 6.45) is -3.68. The molecular weight excluding hydrogens is 394 g/mol. The molecule has 0 bridgehead atoms. The number of alkyl halides is 3. The van der Waals surface area contributed by atoms with Gasteiger partial charge in [-0.15, -0.1) is 0 Å². The first kappa shape index (κ1) is 18.6. The molecule has 1 heterocycles. The first-order chi connectivity index (χ1) is 11.1. The number of para-hydroxylation sites is 1. The summed E-state index contributed by atoms with van der Waals surface area (Å²) >= 11 is 16.9. The Labute approximate surface area is 147 Å². The number of aromatic nitrogens is 2. The molecule has 0 aliphatic rings. The summed E-state index contributed by atoms with van der Waals surface area (Å²) in [7, 11) is 0. The molecule has 0 spiro atoms. The second-order valence-corrected chi connectivity index (χ2v) is 5.67. The Bertz CT molecular complexity index is 853. The first-order valence-electron chi connectivity index (χ1n) is 6.18. The lowest BCUT2D eigenvalue weighted by Gasteiger charge is -2.15. The highest BCUT2D eigenvalue weighted by atomic mass is 35.5. The number of anilines is 1. The lowest BCUT2D eigenvalue weighted by Crippen LogP contribution is -2.30. The number of halogens is 6. The topological polar surface area (TPSA) is 64.0 Å². The molecule has 0 aliphatic carbocycles. The summed E-state index contributed by atoms with van der Waals surface area (Å²) in [5.74, 6) is -0.943. The molecule has 1 aromatic heterocycles. The van der Waals surface area contributed by atoms with E-state index in [1.54, 1.807) is 0 Å². The molecule has 2 aromatic rings. The van der Waals surface area contributed by atoms with E-state index in [1.165, 1.54) is 6.07 Å². The van der Waals surface area contributed by atoms with Gasteiger partial charge in [-0.3, -0.25) is 9.59 Å². The molecule has 0 unspecified atom stereocenters. The minimum absolute atomic E-state index is 0.108. The van der Waals surface area contributed by atoms with Gasteiger partial charge in [-0.05, 0) is 12.1 Å². The Morgan fingerprint density at radius 2 is 1.88 bits per heavy atom. The monoisotopic (exact) mass is 399 g/mol. The van der Waals surface area contributed by atoms with Gasteiger partial charge in [-0.2, -0.15) is 18.3 Å². The van der Waals surface area contributed by atoms with Crippen molar-refractivity contribution in [2.24, 2.45) is 0 Å². The Morgan fingerprint density at radius 3 is 2.50 bits per heavy atom. The zero-order chi connectivity index (χ0) is 18.1. The Hall–Kier alpha value is -1.77. The third kappa shape index (κ3) is 4.00. The maximum Gasteiger partial charge on any atom is 0.418 e. The fraction of sp³-hybridized carbons (Fsp3) is 0.154. The standard InChI is InChI=1S/C13H7Cl3F3N3O2/c14-7-3-1-2-6(13(17,18)19)11(7)21-9(23)5-22-12(24)10(16)8(15)4-20-22/h1-4H,5H2,(H,21,23). The van der Waals surface area contributed by atoms with Gasteiger partial charge in [0, 0.05) is 0 Å². The second kappa shape index (κ2) is 7.00. The zero-order valence-corrected chi connectivity index (χ0v) is 13.8. The first-order valence-corrected chi connectivity index (χ1v) is 7.31. The van der Waals surface area contributed by atoms with Gasteiger partial charge in [0.15, 0.2) is 0 Å². The van der Waals surface area contributed by atoms with E-state index >= 15 is 0 Å². The van der Waals surface area contributed by atoms with E-state index in [2.05, 4.69) is 5.10 Å². The van der Waals surface area contributed by atoms with Crippen molar-refractivity contribution in [3.63, 3.8) is 0 Å². The van der Waals surface area contributed by atoms with Crippen LogP contribution in [0.3, 0.4) is 0 Å². The van der Waals surface area contributed by atoms with Crippen molar-refractivity contribution < 1.29 is 18.0 Å². The van der Waals surface area contributed by atoms with E-state index in [-0.39, 0.29) is 15.1 Å². The molecule has 0 saturated carbocycles. The maximum absolute atomic E-state index is 13.0. The average molecular weight is 401 g/mol. The molecule has 0 radical (unpaired) electrons. The summed E-state index contributed by atoms with van der Waals surface area (Å²) in [5.41, 5.74) is -2.57. The van der Waals surface area contributed by atoms with Gasteiger partial charge in [0.2, 0.25) is 5.91 Å². The molecule has 128 valence electrons. The van der Waals surface area contributed by atoms with E-state index in [0.29, 0.717) is 4.68 Å². The number of carbonyl (C=O) groups is 1. The molecule has 2 rings (SSSR count). The maximum atomic E-state index is 13.0. The summed E-state index contributed by atoms with van der Waals surface area (Å²) in [6, 6.07) is 3.06. The van der Waals surface area contributed by atoms with Crippen LogP contribution in [-0.4, -0.2) is 15.7 Å². The number of hydrogen-bond acceptors (Lipinski definition) is 3. The van der Waals surface area contributed by atoms with Crippen molar-refractivity contribution in [1.29, 1.82) is 0 Å². The van der Waals surface area contributed by atoms with E-state index in [9.17, 15) is 22.8 Å². The number of rotatable bonds is 3. The fourth-order valence-corrected chi connectivity index (χ4v) is 2.25. The van der Waals surface area contributed by atoms with Gasteiger partial charge in [-0.25, -0.2) is 4.68 Å². The quantitative estimate of drug-likeness (QED) is 0.851. The van der Waals surface area contributed by atoms with Gasteiger partial charge < -0.3 is 5.32 Å². The van der Waals surface area contributed by atoms with E-state index < -0.39 is 35.4 Å². The normalized spacial score (nSPS) is 11.4. The molecule has 5 nitrogen and oxygen atoms in total. The van der Waals surface area contributed by atoms with Crippen LogP contribution in [0.2, 0.25) is 15.1 Å². The average Bonchev–Trinajstić information content (AvgIpc) is 2.49. The smallest absolute Gasteiger partial charge is 0.323 e. The lowest BCUT2D eigenvalue weighted by atomic mass is 10.1. The highest BCUT2D eigenvalue weighted by molar-refractivity contribution is 6.41. The molecule has 0 saturated heterocycles. The predicted octanol–water partition coefficient (Wildman–Crippen LogP) is 3.86. The predicted molar refractivity (Wildman–Crippen MR) is 83.6 cm³/mol.